The van der Waals surface area contributed by atoms with Crippen LogP contribution in [0.1, 0.15) is 43.2 Å². The first kappa shape index (κ1) is 17.8. The molecule has 2 aromatic heterocycles. The van der Waals surface area contributed by atoms with E-state index in [1.54, 1.807) is 0 Å². The van der Waals surface area contributed by atoms with Crippen molar-refractivity contribution in [2.24, 2.45) is 5.92 Å². The number of nitrogens with one attached hydrogen (secondary N) is 1. The Morgan fingerprint density at radius 1 is 1.22 bits per heavy atom. The van der Waals surface area contributed by atoms with E-state index in [1.807, 2.05) is 30.3 Å². The molecule has 2 amide bonds. The van der Waals surface area contributed by atoms with Crippen LogP contribution in [0.25, 0.3) is 0 Å². The number of urea groups is 1. The van der Waals surface area contributed by atoms with E-state index in [0.717, 1.165) is 63.3 Å². The first-order chi connectivity index (χ1) is 13.2. The Morgan fingerprint density at radius 2 is 2.00 bits per heavy atom. The number of carbonyl (C=O) groups excluding carboxylic acids is 1. The molecule has 27 heavy (non-hydrogen) atoms. The molecule has 0 aliphatic carbocycles. The molecule has 0 aromatic carbocycles. The fourth-order valence-electron chi connectivity index (χ4n) is 4.13. The van der Waals surface area contributed by atoms with E-state index in [-0.39, 0.29) is 12.1 Å². The third kappa shape index (κ3) is 4.07. The van der Waals surface area contributed by atoms with Crippen LogP contribution in [0.5, 0.6) is 0 Å². The Bertz CT molecular complexity index is 755. The number of rotatable bonds is 4. The molecule has 2 aliphatic rings. The second-order valence-corrected chi connectivity index (χ2v) is 7.54. The molecule has 1 unspecified atom stereocenters. The van der Waals surface area contributed by atoms with Crippen molar-refractivity contribution in [2.45, 2.75) is 38.6 Å². The van der Waals surface area contributed by atoms with Gasteiger partial charge in [0.25, 0.3) is 0 Å². The van der Waals surface area contributed by atoms with Crippen molar-refractivity contribution >= 4 is 11.7 Å². The number of amides is 2. The van der Waals surface area contributed by atoms with Gasteiger partial charge in [-0.05, 0) is 50.7 Å². The summed E-state index contributed by atoms with van der Waals surface area (Å²) in [4.78, 5) is 21.1. The smallest absolute Gasteiger partial charge is 0.318 e. The zero-order valence-electron chi connectivity index (χ0n) is 15.8. The van der Waals surface area contributed by atoms with Crippen LogP contribution in [0.15, 0.2) is 35.1 Å². The Balaban J connectivity index is 1.26. The molecule has 7 nitrogen and oxygen atoms in total. The van der Waals surface area contributed by atoms with Gasteiger partial charge in [-0.15, -0.1) is 0 Å². The minimum Gasteiger partial charge on any atom is -0.371 e. The maximum Gasteiger partial charge on any atom is 0.318 e. The van der Waals surface area contributed by atoms with Crippen molar-refractivity contribution in [3.8, 4) is 0 Å². The zero-order valence-corrected chi connectivity index (χ0v) is 15.8. The molecule has 2 fully saturated rings. The predicted molar refractivity (Wildman–Crippen MR) is 102 cm³/mol. The minimum absolute atomic E-state index is 0.0136. The summed E-state index contributed by atoms with van der Waals surface area (Å²) in [6.07, 6.45) is 7.80. The van der Waals surface area contributed by atoms with Gasteiger partial charge in [-0.3, -0.25) is 4.98 Å². The van der Waals surface area contributed by atoms with Crippen LogP contribution in [0.4, 0.5) is 10.5 Å². The van der Waals surface area contributed by atoms with Gasteiger partial charge in [-0.2, -0.15) is 0 Å². The van der Waals surface area contributed by atoms with E-state index in [0.29, 0.717) is 5.92 Å². The molecule has 2 aliphatic heterocycles. The van der Waals surface area contributed by atoms with E-state index >= 15 is 0 Å². The Labute approximate surface area is 159 Å². The van der Waals surface area contributed by atoms with Gasteiger partial charge in [0.15, 0.2) is 5.76 Å². The number of piperidine rings is 1. The SMILES string of the molecule is Cc1cc(C2CCCN2C(=O)NCC2CCN(c3ccncc3)CC2)on1. The molecule has 1 atom stereocenters. The van der Waals surface area contributed by atoms with Crippen LogP contribution in [0, 0.1) is 12.8 Å². The van der Waals surface area contributed by atoms with Crippen molar-refractivity contribution in [3.63, 3.8) is 0 Å². The van der Waals surface area contributed by atoms with Crippen molar-refractivity contribution in [2.75, 3.05) is 31.1 Å². The van der Waals surface area contributed by atoms with Crippen molar-refractivity contribution in [1.82, 2.24) is 20.4 Å². The van der Waals surface area contributed by atoms with E-state index in [2.05, 4.69) is 32.5 Å². The summed E-state index contributed by atoms with van der Waals surface area (Å²) in [5.74, 6) is 1.33. The molecule has 144 valence electrons. The van der Waals surface area contributed by atoms with E-state index in [4.69, 9.17) is 4.52 Å². The third-order valence-electron chi connectivity index (χ3n) is 5.67. The maximum atomic E-state index is 12.7. The van der Waals surface area contributed by atoms with Crippen LogP contribution in [0.3, 0.4) is 0 Å². The Morgan fingerprint density at radius 3 is 2.70 bits per heavy atom. The lowest BCUT2D eigenvalue weighted by molar-refractivity contribution is 0.180. The summed E-state index contributed by atoms with van der Waals surface area (Å²) in [7, 11) is 0. The van der Waals surface area contributed by atoms with Gasteiger partial charge in [-0.1, -0.05) is 5.16 Å². The molecule has 2 saturated heterocycles. The second kappa shape index (κ2) is 7.98. The number of aromatic nitrogens is 2. The van der Waals surface area contributed by atoms with Crippen LogP contribution in [-0.4, -0.2) is 47.3 Å². The van der Waals surface area contributed by atoms with Gasteiger partial charge in [0.1, 0.15) is 0 Å². The standard InChI is InChI=1S/C20H27N5O2/c1-15-13-19(27-23-15)18-3-2-10-25(18)20(26)22-14-16-6-11-24(12-7-16)17-4-8-21-9-5-17/h4-5,8-9,13,16,18H,2-3,6-7,10-12,14H2,1H3,(H,22,26). The summed E-state index contributed by atoms with van der Waals surface area (Å²) in [5.41, 5.74) is 2.09. The highest BCUT2D eigenvalue weighted by molar-refractivity contribution is 5.75. The number of pyridine rings is 1. The Hall–Kier alpha value is -2.57. The molecule has 7 heteroatoms. The number of hydrogen-bond acceptors (Lipinski definition) is 5. The summed E-state index contributed by atoms with van der Waals surface area (Å²) in [6.45, 7) is 5.46. The van der Waals surface area contributed by atoms with E-state index in [1.165, 1.54) is 5.69 Å². The van der Waals surface area contributed by atoms with Gasteiger partial charge in [0.05, 0.1) is 11.7 Å². The summed E-state index contributed by atoms with van der Waals surface area (Å²) < 4.78 is 5.40. The van der Waals surface area contributed by atoms with Gasteiger partial charge in [0, 0.05) is 50.3 Å². The van der Waals surface area contributed by atoms with Crippen molar-refractivity contribution in [1.29, 1.82) is 0 Å². The lowest BCUT2D eigenvalue weighted by atomic mass is 9.96. The van der Waals surface area contributed by atoms with Gasteiger partial charge >= 0.3 is 6.03 Å². The summed E-state index contributed by atoms with van der Waals surface area (Å²) >= 11 is 0. The van der Waals surface area contributed by atoms with Crippen LogP contribution < -0.4 is 10.2 Å². The molecule has 0 saturated carbocycles. The fourth-order valence-corrected chi connectivity index (χ4v) is 4.13. The van der Waals surface area contributed by atoms with Gasteiger partial charge < -0.3 is 19.6 Å². The molecule has 1 N–H and O–H groups in total. The normalized spacial score (nSPS) is 20.9. The highest BCUT2D eigenvalue weighted by Crippen LogP contribution is 2.32. The maximum absolute atomic E-state index is 12.7. The molecule has 0 spiro atoms. The second-order valence-electron chi connectivity index (χ2n) is 7.54. The van der Waals surface area contributed by atoms with Crippen molar-refractivity contribution < 1.29 is 9.32 Å². The molecular formula is C20H27N5O2. The Kier molecular flexibility index (Phi) is 5.27. The monoisotopic (exact) mass is 369 g/mol. The number of anilines is 1. The quantitative estimate of drug-likeness (QED) is 0.896. The number of nitrogens with zero attached hydrogens (tertiary/aromatic N) is 4. The topological polar surface area (TPSA) is 74.5 Å². The van der Waals surface area contributed by atoms with E-state index in [9.17, 15) is 4.79 Å². The lowest BCUT2D eigenvalue weighted by Crippen LogP contribution is -2.43. The predicted octanol–water partition coefficient (Wildman–Crippen LogP) is 3.14. The molecule has 0 radical (unpaired) electrons. The van der Waals surface area contributed by atoms with Gasteiger partial charge in [-0.25, -0.2) is 4.79 Å². The third-order valence-corrected chi connectivity index (χ3v) is 5.67. The van der Waals surface area contributed by atoms with Crippen LogP contribution >= 0.6 is 0 Å². The number of aryl methyl sites for hydroxylation is 1. The highest BCUT2D eigenvalue weighted by Gasteiger charge is 2.33. The molecule has 4 rings (SSSR count). The minimum atomic E-state index is 0.0136. The number of carbonyl (C=O) groups is 1. The molecule has 2 aromatic rings. The van der Waals surface area contributed by atoms with Crippen LogP contribution in [0.2, 0.25) is 0 Å². The summed E-state index contributed by atoms with van der Waals surface area (Å²) in [6, 6.07) is 6.08. The first-order valence-corrected chi connectivity index (χ1v) is 9.83. The zero-order chi connectivity index (χ0) is 18.6. The first-order valence-electron chi connectivity index (χ1n) is 9.83. The van der Waals surface area contributed by atoms with Gasteiger partial charge in [0.2, 0.25) is 0 Å². The molecular weight excluding hydrogens is 342 g/mol. The lowest BCUT2D eigenvalue weighted by Gasteiger charge is -2.34. The average molecular weight is 369 g/mol. The highest BCUT2D eigenvalue weighted by atomic mass is 16.5. The average Bonchev–Trinajstić information content (AvgIpc) is 3.36. The van der Waals surface area contributed by atoms with E-state index < -0.39 is 0 Å². The summed E-state index contributed by atoms with van der Waals surface area (Å²) in [5, 5.41) is 7.12. The number of likely N-dealkylation sites (tertiary alicyclic amines) is 1. The number of hydrogen-bond donors (Lipinski definition) is 1. The van der Waals surface area contributed by atoms with Crippen molar-refractivity contribution in [3.05, 3.63) is 42.0 Å². The largest absolute Gasteiger partial charge is 0.371 e. The fraction of sp³-hybridized carbons (Fsp3) is 0.550. The molecule has 4 heterocycles. The van der Waals surface area contributed by atoms with Crippen LogP contribution in [-0.2, 0) is 0 Å². The molecule has 0 bridgehead atoms.